The van der Waals surface area contributed by atoms with Crippen molar-refractivity contribution in [3.63, 3.8) is 0 Å². The summed E-state index contributed by atoms with van der Waals surface area (Å²) in [6.07, 6.45) is 0.824. The average Bonchev–Trinajstić information content (AvgIpc) is 2.62. The van der Waals surface area contributed by atoms with Crippen molar-refractivity contribution in [1.82, 2.24) is 19.6 Å². The van der Waals surface area contributed by atoms with E-state index in [-0.39, 0.29) is 5.69 Å². The topological polar surface area (TPSA) is 66.3 Å². The third kappa shape index (κ3) is 1.37. The summed E-state index contributed by atoms with van der Waals surface area (Å²) in [5.41, 5.74) is 2.32. The first-order valence-electron chi connectivity index (χ1n) is 5.20. The number of aromatic nitrogens is 4. The van der Waals surface area contributed by atoms with Crippen LogP contribution in [-0.2, 0) is 6.42 Å². The Balaban J connectivity index is 2.92. The lowest BCUT2D eigenvalue weighted by Gasteiger charge is -2.15. The summed E-state index contributed by atoms with van der Waals surface area (Å²) in [6, 6.07) is 0. The van der Waals surface area contributed by atoms with Gasteiger partial charge in [0.15, 0.2) is 5.65 Å². The summed E-state index contributed by atoms with van der Waals surface area (Å²) in [5, 5.41) is 6.48. The quantitative estimate of drug-likeness (QED) is 0.795. The van der Waals surface area contributed by atoms with Crippen molar-refractivity contribution in [2.24, 2.45) is 0 Å². The van der Waals surface area contributed by atoms with E-state index in [9.17, 15) is 4.79 Å². The maximum absolute atomic E-state index is 11.6. The second-order valence-corrected chi connectivity index (χ2v) is 3.92. The van der Waals surface area contributed by atoms with Gasteiger partial charge < -0.3 is 4.90 Å². The van der Waals surface area contributed by atoms with Crippen molar-refractivity contribution in [2.75, 3.05) is 19.0 Å². The Hall–Kier alpha value is -1.85. The minimum atomic E-state index is -0.253. The fraction of sp³-hybridized carbons (Fsp3) is 0.500. The van der Waals surface area contributed by atoms with Gasteiger partial charge >= 0.3 is 5.69 Å². The molecule has 2 heterocycles. The van der Waals surface area contributed by atoms with Crippen LogP contribution in [0.4, 0.5) is 5.95 Å². The largest absolute Gasteiger partial charge is 0.350 e. The Bertz CT molecular complexity index is 581. The smallest absolute Gasteiger partial charge is 0.348 e. The zero-order valence-electron chi connectivity index (χ0n) is 9.90. The average molecular weight is 221 g/mol. The molecule has 2 aromatic rings. The van der Waals surface area contributed by atoms with Crippen LogP contribution in [0.1, 0.15) is 18.2 Å². The monoisotopic (exact) mass is 221 g/mol. The third-order valence-electron chi connectivity index (χ3n) is 2.61. The number of aryl methyl sites for hydroxylation is 2. The molecule has 2 aromatic heterocycles. The molecular weight excluding hydrogens is 206 g/mol. The summed E-state index contributed by atoms with van der Waals surface area (Å²) in [7, 11) is 3.71. The van der Waals surface area contributed by atoms with Crippen molar-refractivity contribution in [3.8, 4) is 0 Å². The number of fused-ring (bicyclic) bond motifs is 1. The van der Waals surface area contributed by atoms with E-state index in [4.69, 9.17) is 0 Å². The van der Waals surface area contributed by atoms with Crippen LogP contribution in [0.25, 0.3) is 5.65 Å². The van der Waals surface area contributed by atoms with Crippen LogP contribution >= 0.6 is 0 Å². The first kappa shape index (κ1) is 10.7. The van der Waals surface area contributed by atoms with E-state index >= 15 is 0 Å². The number of anilines is 1. The molecule has 0 aliphatic heterocycles. The highest BCUT2D eigenvalue weighted by Crippen LogP contribution is 2.16. The molecule has 0 aromatic carbocycles. The van der Waals surface area contributed by atoms with Crippen LogP contribution in [-0.4, -0.2) is 33.7 Å². The second kappa shape index (κ2) is 3.62. The molecule has 0 unspecified atom stereocenters. The van der Waals surface area contributed by atoms with Gasteiger partial charge in [-0.3, -0.25) is 0 Å². The van der Waals surface area contributed by atoms with Crippen LogP contribution in [0.15, 0.2) is 4.79 Å². The molecule has 0 aliphatic carbocycles. The van der Waals surface area contributed by atoms with Crippen LogP contribution < -0.4 is 10.6 Å². The van der Waals surface area contributed by atoms with Gasteiger partial charge in [-0.05, 0) is 13.3 Å². The minimum Gasteiger partial charge on any atom is -0.348 e. The summed E-state index contributed by atoms with van der Waals surface area (Å²) >= 11 is 0. The highest BCUT2D eigenvalue weighted by Gasteiger charge is 2.14. The zero-order chi connectivity index (χ0) is 11.9. The van der Waals surface area contributed by atoms with Gasteiger partial charge in [0.05, 0.1) is 5.69 Å². The van der Waals surface area contributed by atoms with Gasteiger partial charge in [0.2, 0.25) is 5.95 Å². The van der Waals surface area contributed by atoms with E-state index in [0.717, 1.165) is 17.7 Å². The maximum Gasteiger partial charge on any atom is 0.350 e. The minimum absolute atomic E-state index is 0.253. The molecule has 0 fully saturated rings. The Morgan fingerprint density at radius 3 is 2.69 bits per heavy atom. The SMILES string of the molecule is CCc1nc(N(C)C)n2c(=O)[nH]nc2c1C. The molecule has 6 nitrogen and oxygen atoms in total. The Morgan fingerprint density at radius 2 is 2.12 bits per heavy atom. The first-order valence-corrected chi connectivity index (χ1v) is 5.20. The number of rotatable bonds is 2. The fourth-order valence-corrected chi connectivity index (χ4v) is 1.76. The van der Waals surface area contributed by atoms with E-state index in [1.807, 2.05) is 32.8 Å². The molecule has 0 spiro atoms. The highest BCUT2D eigenvalue weighted by atomic mass is 16.1. The molecule has 0 bridgehead atoms. The first-order chi connectivity index (χ1) is 7.56. The molecule has 0 saturated carbocycles. The lowest BCUT2D eigenvalue weighted by molar-refractivity contribution is 0.885. The summed E-state index contributed by atoms with van der Waals surface area (Å²) in [6.45, 7) is 3.97. The van der Waals surface area contributed by atoms with Gasteiger partial charge in [-0.2, -0.15) is 5.10 Å². The van der Waals surface area contributed by atoms with Gasteiger partial charge in [-0.25, -0.2) is 19.3 Å². The standard InChI is InChI=1S/C10H15N5O/c1-5-7-6(2)8-12-13-10(16)15(8)9(11-7)14(3)4/h5H2,1-4H3,(H,13,16). The molecule has 0 saturated heterocycles. The van der Waals surface area contributed by atoms with Crippen LogP contribution in [0.5, 0.6) is 0 Å². The van der Waals surface area contributed by atoms with Gasteiger partial charge in [-0.15, -0.1) is 0 Å². The van der Waals surface area contributed by atoms with E-state index in [0.29, 0.717) is 11.6 Å². The van der Waals surface area contributed by atoms with Crippen LogP contribution in [0.2, 0.25) is 0 Å². The van der Waals surface area contributed by atoms with Gasteiger partial charge in [0.1, 0.15) is 0 Å². The Kier molecular flexibility index (Phi) is 2.41. The lowest BCUT2D eigenvalue weighted by atomic mass is 10.2. The number of aromatic amines is 1. The van der Waals surface area contributed by atoms with Crippen molar-refractivity contribution in [2.45, 2.75) is 20.3 Å². The molecule has 0 aliphatic rings. The van der Waals surface area contributed by atoms with Gasteiger partial charge in [0, 0.05) is 19.7 Å². The zero-order valence-corrected chi connectivity index (χ0v) is 9.90. The number of hydrogen-bond donors (Lipinski definition) is 1. The van der Waals surface area contributed by atoms with Crippen molar-refractivity contribution in [3.05, 3.63) is 21.7 Å². The van der Waals surface area contributed by atoms with E-state index in [1.165, 1.54) is 4.40 Å². The van der Waals surface area contributed by atoms with Crippen LogP contribution in [0.3, 0.4) is 0 Å². The highest BCUT2D eigenvalue weighted by molar-refractivity contribution is 5.53. The fourth-order valence-electron chi connectivity index (χ4n) is 1.76. The maximum atomic E-state index is 11.6. The lowest BCUT2D eigenvalue weighted by Crippen LogP contribution is -2.22. The molecular formula is C10H15N5O. The molecule has 16 heavy (non-hydrogen) atoms. The molecule has 86 valence electrons. The normalized spacial score (nSPS) is 11.0. The predicted molar refractivity (Wildman–Crippen MR) is 62.0 cm³/mol. The van der Waals surface area contributed by atoms with Crippen molar-refractivity contribution >= 4 is 11.6 Å². The van der Waals surface area contributed by atoms with Crippen LogP contribution in [0, 0.1) is 6.92 Å². The summed E-state index contributed by atoms with van der Waals surface area (Å²) < 4.78 is 1.49. The third-order valence-corrected chi connectivity index (χ3v) is 2.61. The number of H-pyrrole nitrogens is 1. The predicted octanol–water partition coefficient (Wildman–Crippen LogP) is 0.354. The van der Waals surface area contributed by atoms with Gasteiger partial charge in [-0.1, -0.05) is 6.92 Å². The summed E-state index contributed by atoms with van der Waals surface area (Å²) in [5.74, 6) is 0.608. The summed E-state index contributed by atoms with van der Waals surface area (Å²) in [4.78, 5) is 17.9. The number of nitrogens with zero attached hydrogens (tertiary/aromatic N) is 4. The molecule has 2 rings (SSSR count). The van der Waals surface area contributed by atoms with Gasteiger partial charge in [0.25, 0.3) is 0 Å². The van der Waals surface area contributed by atoms with E-state index in [1.54, 1.807) is 0 Å². The second-order valence-electron chi connectivity index (χ2n) is 3.92. The molecule has 0 amide bonds. The van der Waals surface area contributed by atoms with E-state index in [2.05, 4.69) is 15.2 Å². The van der Waals surface area contributed by atoms with E-state index < -0.39 is 0 Å². The number of nitrogens with one attached hydrogen (secondary N) is 1. The molecule has 1 N–H and O–H groups in total. The van der Waals surface area contributed by atoms with Crippen molar-refractivity contribution in [1.29, 1.82) is 0 Å². The molecule has 0 radical (unpaired) electrons. The Morgan fingerprint density at radius 1 is 1.44 bits per heavy atom. The molecule has 6 heteroatoms. The number of hydrogen-bond acceptors (Lipinski definition) is 4. The van der Waals surface area contributed by atoms with Crippen molar-refractivity contribution < 1.29 is 0 Å². The molecule has 0 atom stereocenters. The Labute approximate surface area is 92.9 Å².